The van der Waals surface area contributed by atoms with E-state index in [4.69, 9.17) is 0 Å². The van der Waals surface area contributed by atoms with E-state index >= 15 is 0 Å². The Labute approximate surface area is 100 Å². The van der Waals surface area contributed by atoms with Gasteiger partial charge in [-0.25, -0.2) is 13.2 Å². The standard InChI is InChI=1S/C11H9F3N2S/c1-6(10-4-15-5-17-10)16-7-2-8(12)11(14)9(13)3-7/h2-6,16H,1H3. The molecule has 0 aliphatic carbocycles. The van der Waals surface area contributed by atoms with Crippen molar-refractivity contribution in [3.05, 3.63) is 46.2 Å². The van der Waals surface area contributed by atoms with E-state index in [1.54, 1.807) is 11.7 Å². The molecule has 1 heterocycles. The van der Waals surface area contributed by atoms with Crippen LogP contribution in [0.25, 0.3) is 0 Å². The molecule has 0 radical (unpaired) electrons. The number of benzene rings is 1. The molecular formula is C11H9F3N2S. The van der Waals surface area contributed by atoms with Crippen LogP contribution in [0.5, 0.6) is 0 Å². The van der Waals surface area contributed by atoms with E-state index in [9.17, 15) is 13.2 Å². The number of nitrogens with zero attached hydrogens (tertiary/aromatic N) is 1. The zero-order valence-electron chi connectivity index (χ0n) is 8.88. The topological polar surface area (TPSA) is 24.9 Å². The molecule has 0 amide bonds. The van der Waals surface area contributed by atoms with Crippen molar-refractivity contribution in [1.82, 2.24) is 4.98 Å². The molecule has 17 heavy (non-hydrogen) atoms. The fourth-order valence-corrected chi connectivity index (χ4v) is 2.03. The van der Waals surface area contributed by atoms with Crippen molar-refractivity contribution in [2.75, 3.05) is 5.32 Å². The molecule has 1 N–H and O–H groups in total. The fourth-order valence-electron chi connectivity index (χ4n) is 1.40. The minimum absolute atomic E-state index is 0.147. The molecule has 90 valence electrons. The van der Waals surface area contributed by atoms with E-state index < -0.39 is 17.5 Å². The first kappa shape index (κ1) is 11.9. The number of nitrogens with one attached hydrogen (secondary N) is 1. The third kappa shape index (κ3) is 2.58. The first-order valence-corrected chi connectivity index (χ1v) is 5.75. The lowest BCUT2D eigenvalue weighted by Crippen LogP contribution is -2.06. The van der Waals surface area contributed by atoms with Crippen LogP contribution in [0.2, 0.25) is 0 Å². The average molecular weight is 258 g/mol. The molecule has 1 aromatic carbocycles. The summed E-state index contributed by atoms with van der Waals surface area (Å²) in [5.41, 5.74) is 1.86. The Morgan fingerprint density at radius 2 is 1.88 bits per heavy atom. The predicted octanol–water partition coefficient (Wildman–Crippen LogP) is 3.73. The van der Waals surface area contributed by atoms with Gasteiger partial charge in [-0.05, 0) is 6.92 Å². The Bertz CT molecular complexity index is 490. The summed E-state index contributed by atoms with van der Waals surface area (Å²) in [5, 5.41) is 2.88. The maximum absolute atomic E-state index is 13.0. The number of rotatable bonds is 3. The van der Waals surface area contributed by atoms with Crippen LogP contribution in [0.15, 0.2) is 23.8 Å². The SMILES string of the molecule is CC(Nc1cc(F)c(F)c(F)c1)c1cncs1. The Balaban J connectivity index is 2.19. The molecule has 0 aliphatic heterocycles. The van der Waals surface area contributed by atoms with E-state index in [0.29, 0.717) is 0 Å². The van der Waals surface area contributed by atoms with Crippen LogP contribution < -0.4 is 5.32 Å². The zero-order valence-corrected chi connectivity index (χ0v) is 9.69. The van der Waals surface area contributed by atoms with E-state index in [1.165, 1.54) is 11.3 Å². The van der Waals surface area contributed by atoms with Gasteiger partial charge in [0.25, 0.3) is 0 Å². The maximum Gasteiger partial charge on any atom is 0.194 e. The summed E-state index contributed by atoms with van der Waals surface area (Å²) in [6.07, 6.45) is 1.67. The van der Waals surface area contributed by atoms with Crippen molar-refractivity contribution in [2.45, 2.75) is 13.0 Å². The lowest BCUT2D eigenvalue weighted by atomic mass is 10.2. The smallest absolute Gasteiger partial charge is 0.194 e. The van der Waals surface area contributed by atoms with E-state index in [0.717, 1.165) is 17.0 Å². The number of aromatic nitrogens is 1. The van der Waals surface area contributed by atoms with Crippen LogP contribution in [-0.2, 0) is 0 Å². The second-order valence-corrected chi connectivity index (χ2v) is 4.44. The highest BCUT2D eigenvalue weighted by Crippen LogP contribution is 2.24. The number of hydrogen-bond donors (Lipinski definition) is 1. The first-order chi connectivity index (χ1) is 8.08. The zero-order chi connectivity index (χ0) is 12.4. The van der Waals surface area contributed by atoms with Gasteiger partial charge in [0.1, 0.15) is 0 Å². The monoisotopic (exact) mass is 258 g/mol. The van der Waals surface area contributed by atoms with Gasteiger partial charge in [-0.1, -0.05) is 0 Å². The van der Waals surface area contributed by atoms with Crippen LogP contribution in [0.3, 0.4) is 0 Å². The summed E-state index contributed by atoms with van der Waals surface area (Å²) >= 11 is 1.43. The van der Waals surface area contributed by atoms with Crippen LogP contribution >= 0.6 is 11.3 Å². The molecule has 6 heteroatoms. The maximum atomic E-state index is 13.0. The van der Waals surface area contributed by atoms with Crippen molar-refractivity contribution in [1.29, 1.82) is 0 Å². The van der Waals surface area contributed by atoms with Gasteiger partial charge in [-0.15, -0.1) is 11.3 Å². The minimum atomic E-state index is -1.46. The van der Waals surface area contributed by atoms with Crippen LogP contribution in [-0.4, -0.2) is 4.98 Å². The van der Waals surface area contributed by atoms with E-state index in [-0.39, 0.29) is 11.7 Å². The summed E-state index contributed by atoms with van der Waals surface area (Å²) in [4.78, 5) is 4.83. The van der Waals surface area contributed by atoms with Gasteiger partial charge >= 0.3 is 0 Å². The second kappa shape index (κ2) is 4.75. The molecular weight excluding hydrogens is 249 g/mol. The fraction of sp³-hybridized carbons (Fsp3) is 0.182. The molecule has 2 nitrogen and oxygen atoms in total. The van der Waals surface area contributed by atoms with Crippen molar-refractivity contribution in [3.63, 3.8) is 0 Å². The average Bonchev–Trinajstić information content (AvgIpc) is 2.79. The van der Waals surface area contributed by atoms with Gasteiger partial charge in [0.15, 0.2) is 17.5 Å². The predicted molar refractivity (Wildman–Crippen MR) is 60.5 cm³/mol. The first-order valence-electron chi connectivity index (χ1n) is 4.87. The van der Waals surface area contributed by atoms with Gasteiger partial charge in [-0.2, -0.15) is 0 Å². The molecule has 0 saturated heterocycles. The Hall–Kier alpha value is -1.56. The molecule has 0 aliphatic rings. The summed E-state index contributed by atoms with van der Waals surface area (Å²) in [6.45, 7) is 1.83. The highest BCUT2D eigenvalue weighted by atomic mass is 32.1. The quantitative estimate of drug-likeness (QED) is 0.848. The largest absolute Gasteiger partial charge is 0.377 e. The van der Waals surface area contributed by atoms with Gasteiger partial charge in [0.05, 0.1) is 11.6 Å². The number of anilines is 1. The second-order valence-electron chi connectivity index (χ2n) is 3.52. The molecule has 2 aromatic rings. The van der Waals surface area contributed by atoms with Crippen molar-refractivity contribution in [2.24, 2.45) is 0 Å². The summed E-state index contributed by atoms with van der Waals surface area (Å²) in [7, 11) is 0. The van der Waals surface area contributed by atoms with Crippen LogP contribution in [0.4, 0.5) is 18.9 Å². The van der Waals surface area contributed by atoms with Gasteiger partial charge in [0.2, 0.25) is 0 Å². The molecule has 0 fully saturated rings. The molecule has 0 saturated carbocycles. The van der Waals surface area contributed by atoms with E-state index in [1.807, 2.05) is 6.92 Å². The normalized spacial score (nSPS) is 12.5. The summed E-state index contributed by atoms with van der Waals surface area (Å²) in [6, 6.07) is 1.71. The van der Waals surface area contributed by atoms with Gasteiger partial charge in [0, 0.05) is 28.9 Å². The highest BCUT2D eigenvalue weighted by Gasteiger charge is 2.13. The van der Waals surface area contributed by atoms with Crippen molar-refractivity contribution >= 4 is 17.0 Å². The molecule has 0 bridgehead atoms. The molecule has 2 rings (SSSR count). The Morgan fingerprint density at radius 1 is 1.24 bits per heavy atom. The molecule has 1 unspecified atom stereocenters. The lowest BCUT2D eigenvalue weighted by molar-refractivity contribution is 0.447. The van der Waals surface area contributed by atoms with E-state index in [2.05, 4.69) is 10.3 Å². The molecule has 1 aromatic heterocycles. The Morgan fingerprint density at radius 3 is 2.41 bits per heavy atom. The third-order valence-electron chi connectivity index (χ3n) is 2.25. The minimum Gasteiger partial charge on any atom is -0.377 e. The molecule has 1 atom stereocenters. The summed E-state index contributed by atoms with van der Waals surface area (Å²) in [5.74, 6) is -3.87. The number of hydrogen-bond acceptors (Lipinski definition) is 3. The van der Waals surface area contributed by atoms with Gasteiger partial charge < -0.3 is 5.32 Å². The Kier molecular flexibility index (Phi) is 3.33. The van der Waals surface area contributed by atoms with Crippen molar-refractivity contribution < 1.29 is 13.2 Å². The summed E-state index contributed by atoms with van der Waals surface area (Å²) < 4.78 is 38.7. The molecule has 0 spiro atoms. The van der Waals surface area contributed by atoms with Gasteiger partial charge in [-0.3, -0.25) is 4.98 Å². The third-order valence-corrected chi connectivity index (χ3v) is 3.20. The highest BCUT2D eigenvalue weighted by molar-refractivity contribution is 7.09. The number of halogens is 3. The number of thiazole rings is 1. The van der Waals surface area contributed by atoms with Crippen LogP contribution in [0, 0.1) is 17.5 Å². The lowest BCUT2D eigenvalue weighted by Gasteiger charge is -2.13. The van der Waals surface area contributed by atoms with Crippen molar-refractivity contribution in [3.8, 4) is 0 Å². The van der Waals surface area contributed by atoms with Crippen LogP contribution in [0.1, 0.15) is 17.8 Å².